The Morgan fingerprint density at radius 2 is 1.94 bits per heavy atom. The van der Waals surface area contributed by atoms with Gasteiger partial charge in [0.1, 0.15) is 18.0 Å². The van der Waals surface area contributed by atoms with Crippen molar-refractivity contribution in [3.05, 3.63) is 29.8 Å². The lowest BCUT2D eigenvalue weighted by molar-refractivity contribution is 0.0507. The molecule has 0 radical (unpaired) electrons. The minimum Gasteiger partial charge on any atom is -0.491 e. The van der Waals surface area contributed by atoms with Gasteiger partial charge >= 0.3 is 6.09 Å². The molecule has 1 aliphatic rings. The van der Waals surface area contributed by atoms with Crippen LogP contribution >= 0.6 is 24.0 Å². The number of aliphatic imine (C=N–C) groups is 1. The maximum Gasteiger partial charge on any atom is 0.407 e. The van der Waals surface area contributed by atoms with E-state index in [-0.39, 0.29) is 36.1 Å². The van der Waals surface area contributed by atoms with Gasteiger partial charge in [-0.05, 0) is 51.8 Å². The minimum atomic E-state index is -0.497. The van der Waals surface area contributed by atoms with Crippen molar-refractivity contribution in [1.29, 1.82) is 0 Å². The summed E-state index contributed by atoms with van der Waals surface area (Å²) in [5, 5.41) is 6.30. The molecule has 176 valence electrons. The van der Waals surface area contributed by atoms with Crippen molar-refractivity contribution in [2.45, 2.75) is 52.3 Å². The number of amides is 1. The molecule has 1 heterocycles. The number of alkyl carbamates (subject to hydrolysis) is 1. The van der Waals surface area contributed by atoms with Crippen molar-refractivity contribution >= 4 is 36.0 Å². The Hall–Kier alpha value is -1.75. The molecule has 0 aromatic heterocycles. The summed E-state index contributed by atoms with van der Waals surface area (Å²) in [7, 11) is 1.66. The second-order valence-electron chi connectivity index (χ2n) is 8.23. The number of carbonyl (C=O) groups excluding carboxylic acids is 1. The Morgan fingerprint density at radius 3 is 2.55 bits per heavy atom. The first-order valence-corrected chi connectivity index (χ1v) is 10.5. The van der Waals surface area contributed by atoms with Crippen LogP contribution in [0.2, 0.25) is 0 Å². The summed E-state index contributed by atoms with van der Waals surface area (Å²) in [6.45, 7) is 11.6. The van der Waals surface area contributed by atoms with Crippen molar-refractivity contribution in [2.24, 2.45) is 4.99 Å². The summed E-state index contributed by atoms with van der Waals surface area (Å²) in [4.78, 5) is 19.0. The number of benzene rings is 1. The monoisotopic (exact) mass is 548 g/mol. The van der Waals surface area contributed by atoms with E-state index in [1.165, 1.54) is 0 Å². The largest absolute Gasteiger partial charge is 0.491 e. The summed E-state index contributed by atoms with van der Waals surface area (Å²) in [6, 6.07) is 7.99. The average molecular weight is 548 g/mol. The Balaban J connectivity index is 0.00000480. The molecule has 1 aliphatic heterocycles. The maximum atomic E-state index is 12.0. The van der Waals surface area contributed by atoms with E-state index in [9.17, 15) is 4.79 Å². The maximum absolute atomic E-state index is 12.0. The van der Waals surface area contributed by atoms with Gasteiger partial charge in [0.05, 0.1) is 19.2 Å². The Morgan fingerprint density at radius 1 is 1.23 bits per heavy atom. The number of nitrogens with zero attached hydrogens (tertiary/aromatic N) is 2. The second-order valence-corrected chi connectivity index (χ2v) is 8.23. The van der Waals surface area contributed by atoms with Gasteiger partial charge in [0.25, 0.3) is 0 Å². The quantitative estimate of drug-likeness (QED) is 0.224. The number of carbonyl (C=O) groups is 1. The fourth-order valence-corrected chi connectivity index (χ4v) is 3.07. The third kappa shape index (κ3) is 10.4. The van der Waals surface area contributed by atoms with Gasteiger partial charge in [-0.2, -0.15) is 0 Å². The van der Waals surface area contributed by atoms with E-state index >= 15 is 0 Å². The van der Waals surface area contributed by atoms with E-state index in [0.717, 1.165) is 36.8 Å². The van der Waals surface area contributed by atoms with E-state index in [1.54, 1.807) is 7.11 Å². The van der Waals surface area contributed by atoms with Crippen LogP contribution in [0.4, 0.5) is 4.79 Å². The van der Waals surface area contributed by atoms with Crippen LogP contribution in [-0.2, 0) is 16.0 Å². The molecule has 0 aliphatic carbocycles. The Bertz CT molecular complexity index is 692. The molecule has 1 saturated heterocycles. The van der Waals surface area contributed by atoms with Crippen molar-refractivity contribution in [2.75, 3.05) is 40.0 Å². The van der Waals surface area contributed by atoms with Gasteiger partial charge in [-0.25, -0.2) is 9.79 Å². The van der Waals surface area contributed by atoms with Gasteiger partial charge in [-0.15, -0.1) is 24.0 Å². The average Bonchev–Trinajstić information content (AvgIpc) is 3.13. The Kier molecular flexibility index (Phi) is 12.0. The molecule has 1 unspecified atom stereocenters. The summed E-state index contributed by atoms with van der Waals surface area (Å²) >= 11 is 0. The predicted octanol–water partition coefficient (Wildman–Crippen LogP) is 3.39. The van der Waals surface area contributed by atoms with Gasteiger partial charge in [-0.1, -0.05) is 12.1 Å². The molecular weight excluding hydrogens is 511 g/mol. The van der Waals surface area contributed by atoms with E-state index in [1.807, 2.05) is 52.0 Å². The van der Waals surface area contributed by atoms with Crippen molar-refractivity contribution in [3.8, 4) is 5.75 Å². The normalized spacial score (nSPS) is 16.5. The van der Waals surface area contributed by atoms with Crippen molar-refractivity contribution in [3.63, 3.8) is 0 Å². The number of nitrogens with one attached hydrogen (secondary N) is 2. The van der Waals surface area contributed by atoms with Crippen LogP contribution in [-0.4, -0.2) is 68.6 Å². The number of halogens is 1. The van der Waals surface area contributed by atoms with Crippen molar-refractivity contribution in [1.82, 2.24) is 15.5 Å². The van der Waals surface area contributed by atoms with Crippen LogP contribution in [0.5, 0.6) is 5.75 Å². The number of hydrogen-bond acceptors (Lipinski definition) is 5. The molecule has 1 aromatic rings. The third-order valence-electron chi connectivity index (χ3n) is 4.43. The summed E-state index contributed by atoms with van der Waals surface area (Å²) in [5.74, 6) is 1.67. The summed E-state index contributed by atoms with van der Waals surface area (Å²) in [6.07, 6.45) is 0.487. The molecular formula is C22H37IN4O4. The van der Waals surface area contributed by atoms with Crippen LogP contribution in [0, 0.1) is 0 Å². The topological polar surface area (TPSA) is 84.4 Å². The van der Waals surface area contributed by atoms with E-state index in [2.05, 4.69) is 15.5 Å². The minimum absolute atomic E-state index is 0. The highest BCUT2D eigenvalue weighted by atomic mass is 127. The number of ether oxygens (including phenoxy) is 3. The SMILES string of the molecule is CCNC(=NCc1ccc(OCCOC)cc1)N1CCC(NC(=O)OC(C)(C)C)C1.I. The van der Waals surface area contributed by atoms with Crippen molar-refractivity contribution < 1.29 is 19.0 Å². The molecule has 0 bridgehead atoms. The predicted molar refractivity (Wildman–Crippen MR) is 133 cm³/mol. The highest BCUT2D eigenvalue weighted by Gasteiger charge is 2.27. The van der Waals surface area contributed by atoms with Crippen LogP contribution in [0.3, 0.4) is 0 Å². The highest BCUT2D eigenvalue weighted by molar-refractivity contribution is 14.0. The number of hydrogen-bond donors (Lipinski definition) is 2. The third-order valence-corrected chi connectivity index (χ3v) is 4.43. The summed E-state index contributed by atoms with van der Waals surface area (Å²) < 4.78 is 15.9. The van der Waals surface area contributed by atoms with E-state index in [0.29, 0.717) is 26.3 Å². The number of likely N-dealkylation sites (tertiary alicyclic amines) is 1. The second kappa shape index (κ2) is 13.6. The fourth-order valence-electron chi connectivity index (χ4n) is 3.07. The first-order valence-electron chi connectivity index (χ1n) is 10.5. The first-order chi connectivity index (χ1) is 14.3. The first kappa shape index (κ1) is 27.3. The molecule has 2 rings (SSSR count). The molecule has 1 fully saturated rings. The smallest absolute Gasteiger partial charge is 0.407 e. The standard InChI is InChI=1S/C22H36N4O4.HI/c1-6-23-20(24-15-17-7-9-19(10-8-17)29-14-13-28-5)26-12-11-18(16-26)25-21(27)30-22(2,3)4;/h7-10,18H,6,11-16H2,1-5H3,(H,23,24)(H,25,27);1H. The molecule has 31 heavy (non-hydrogen) atoms. The number of guanidine groups is 1. The van der Waals surface area contributed by atoms with Crippen LogP contribution in [0.25, 0.3) is 0 Å². The molecule has 0 spiro atoms. The van der Waals surface area contributed by atoms with Gasteiger partial charge in [0.2, 0.25) is 0 Å². The number of methoxy groups -OCH3 is 1. The van der Waals surface area contributed by atoms with Gasteiger partial charge < -0.3 is 29.7 Å². The molecule has 1 aromatic carbocycles. The van der Waals surface area contributed by atoms with E-state index in [4.69, 9.17) is 19.2 Å². The zero-order valence-corrected chi connectivity index (χ0v) is 21.6. The molecule has 2 N–H and O–H groups in total. The molecule has 9 heteroatoms. The summed E-state index contributed by atoms with van der Waals surface area (Å²) in [5.41, 5.74) is 0.607. The molecule has 8 nitrogen and oxygen atoms in total. The van der Waals surface area contributed by atoms with Crippen LogP contribution < -0.4 is 15.4 Å². The lowest BCUT2D eigenvalue weighted by atomic mass is 10.2. The van der Waals surface area contributed by atoms with Gasteiger partial charge in [-0.3, -0.25) is 0 Å². The Labute approximate surface area is 203 Å². The molecule has 0 saturated carbocycles. The van der Waals surface area contributed by atoms with E-state index < -0.39 is 5.60 Å². The lowest BCUT2D eigenvalue weighted by Gasteiger charge is -2.23. The molecule has 1 amide bonds. The van der Waals surface area contributed by atoms with Crippen LogP contribution in [0.1, 0.15) is 39.7 Å². The lowest BCUT2D eigenvalue weighted by Crippen LogP contribution is -2.44. The highest BCUT2D eigenvalue weighted by Crippen LogP contribution is 2.15. The number of rotatable bonds is 8. The van der Waals surface area contributed by atoms with Gasteiger partial charge in [0, 0.05) is 26.7 Å². The molecule has 1 atom stereocenters. The zero-order chi connectivity index (χ0) is 22.0. The van der Waals surface area contributed by atoms with Gasteiger partial charge in [0.15, 0.2) is 5.96 Å². The zero-order valence-electron chi connectivity index (χ0n) is 19.3. The fraction of sp³-hybridized carbons (Fsp3) is 0.636. The van der Waals surface area contributed by atoms with Crippen LogP contribution in [0.15, 0.2) is 29.3 Å².